The molecule has 0 spiro atoms. The van der Waals surface area contributed by atoms with E-state index in [1.165, 1.54) is 0 Å². The van der Waals surface area contributed by atoms with E-state index in [1.54, 1.807) is 29.4 Å². The predicted molar refractivity (Wildman–Crippen MR) is 83.8 cm³/mol. The number of carbonyl (C=O) groups excluding carboxylic acids is 1. The average molecular weight is 332 g/mol. The van der Waals surface area contributed by atoms with E-state index in [1.807, 2.05) is 0 Å². The number of aliphatic hydroxyl groups excluding tert-OH is 1. The van der Waals surface area contributed by atoms with Crippen LogP contribution in [0.25, 0.3) is 11.4 Å². The number of rotatable bonds is 5. The largest absolute Gasteiger partial charge is 0.396 e. The van der Waals surface area contributed by atoms with Crippen molar-refractivity contribution in [3.63, 3.8) is 0 Å². The molecule has 8 heteroatoms. The van der Waals surface area contributed by atoms with Crippen molar-refractivity contribution in [2.45, 2.75) is 12.8 Å². The summed E-state index contributed by atoms with van der Waals surface area (Å²) in [5.74, 6) is 0.893. The molecule has 1 N–H and O–H groups in total. The Morgan fingerprint density at radius 3 is 3.00 bits per heavy atom. The molecule has 1 aliphatic rings. The molecule has 0 unspecified atom stereocenters. The highest BCUT2D eigenvalue weighted by Gasteiger charge is 2.22. The Kier molecular flexibility index (Phi) is 5.50. The fraction of sp³-hybridized carbons (Fsp3) is 0.500. The third-order valence-electron chi connectivity index (χ3n) is 3.91. The summed E-state index contributed by atoms with van der Waals surface area (Å²) in [4.78, 5) is 22.3. The second-order valence-electron chi connectivity index (χ2n) is 5.71. The van der Waals surface area contributed by atoms with Crippen LogP contribution in [0.1, 0.15) is 12.3 Å². The quantitative estimate of drug-likeness (QED) is 0.852. The van der Waals surface area contributed by atoms with Gasteiger partial charge in [0, 0.05) is 56.4 Å². The molecule has 1 atom stereocenters. The van der Waals surface area contributed by atoms with Crippen LogP contribution in [0, 0.1) is 5.92 Å². The van der Waals surface area contributed by atoms with E-state index in [2.05, 4.69) is 15.1 Å². The van der Waals surface area contributed by atoms with E-state index in [-0.39, 0.29) is 24.9 Å². The molecule has 0 saturated carbocycles. The van der Waals surface area contributed by atoms with Crippen molar-refractivity contribution in [2.75, 3.05) is 32.9 Å². The van der Waals surface area contributed by atoms with Gasteiger partial charge in [0.1, 0.15) is 0 Å². The molecule has 0 aliphatic carbocycles. The molecule has 1 aliphatic heterocycles. The fourth-order valence-corrected chi connectivity index (χ4v) is 2.56. The van der Waals surface area contributed by atoms with Gasteiger partial charge in [-0.05, 0) is 12.1 Å². The normalized spacial score (nSPS) is 18.4. The molecular weight excluding hydrogens is 312 g/mol. The number of amides is 1. The van der Waals surface area contributed by atoms with Gasteiger partial charge in [-0.2, -0.15) is 4.98 Å². The summed E-state index contributed by atoms with van der Waals surface area (Å²) >= 11 is 0. The third kappa shape index (κ3) is 4.15. The maximum atomic E-state index is 12.4. The lowest BCUT2D eigenvalue weighted by Gasteiger charge is -2.22. The number of aliphatic hydroxyl groups is 1. The minimum atomic E-state index is -0.0295. The topological polar surface area (TPSA) is 102 Å². The van der Waals surface area contributed by atoms with Crippen LogP contribution in [0.2, 0.25) is 0 Å². The van der Waals surface area contributed by atoms with Gasteiger partial charge < -0.3 is 19.3 Å². The molecule has 2 aromatic heterocycles. The fourth-order valence-electron chi connectivity index (χ4n) is 2.56. The summed E-state index contributed by atoms with van der Waals surface area (Å²) in [5, 5.41) is 13.2. The molecule has 1 fully saturated rings. The van der Waals surface area contributed by atoms with Gasteiger partial charge in [0.2, 0.25) is 17.6 Å². The van der Waals surface area contributed by atoms with Crippen molar-refractivity contribution in [3.05, 3.63) is 30.4 Å². The summed E-state index contributed by atoms with van der Waals surface area (Å²) < 4.78 is 10.6. The highest BCUT2D eigenvalue weighted by Crippen LogP contribution is 2.15. The maximum absolute atomic E-state index is 12.4. The van der Waals surface area contributed by atoms with Gasteiger partial charge in [-0.1, -0.05) is 5.16 Å². The van der Waals surface area contributed by atoms with E-state index in [0.29, 0.717) is 44.4 Å². The molecule has 128 valence electrons. The summed E-state index contributed by atoms with van der Waals surface area (Å²) in [6.07, 6.45) is 4.00. The second-order valence-corrected chi connectivity index (χ2v) is 5.71. The summed E-state index contributed by atoms with van der Waals surface area (Å²) in [6.45, 7) is 2.06. The molecule has 1 saturated heterocycles. The number of hydrogen-bond donors (Lipinski definition) is 1. The number of pyridine rings is 1. The zero-order chi connectivity index (χ0) is 16.8. The standard InChI is InChI=1S/C16H20N4O4/c21-10-12-9-20(7-8-23-11-12)15(22)2-1-14-18-16(19-24-14)13-3-5-17-6-4-13/h3-6,12,21H,1-2,7-11H2/t12-/m1/s1. The maximum Gasteiger partial charge on any atom is 0.227 e. The van der Waals surface area contributed by atoms with Crippen LogP contribution in [-0.4, -0.2) is 63.9 Å². The molecular formula is C16H20N4O4. The van der Waals surface area contributed by atoms with Crippen LogP contribution in [0.15, 0.2) is 29.0 Å². The zero-order valence-corrected chi connectivity index (χ0v) is 13.3. The van der Waals surface area contributed by atoms with Crippen LogP contribution >= 0.6 is 0 Å². The SMILES string of the molecule is O=C(CCc1nc(-c2ccncc2)no1)N1CCOC[C@@H](CO)C1. The first-order valence-corrected chi connectivity index (χ1v) is 7.95. The number of nitrogens with zero attached hydrogens (tertiary/aromatic N) is 4. The molecule has 24 heavy (non-hydrogen) atoms. The summed E-state index contributed by atoms with van der Waals surface area (Å²) in [5.41, 5.74) is 0.821. The Morgan fingerprint density at radius 1 is 1.38 bits per heavy atom. The van der Waals surface area contributed by atoms with Crippen LogP contribution in [0.5, 0.6) is 0 Å². The van der Waals surface area contributed by atoms with Crippen LogP contribution in [-0.2, 0) is 16.0 Å². The van der Waals surface area contributed by atoms with Gasteiger partial charge in [-0.15, -0.1) is 0 Å². The molecule has 3 rings (SSSR count). The van der Waals surface area contributed by atoms with E-state index < -0.39 is 0 Å². The van der Waals surface area contributed by atoms with E-state index >= 15 is 0 Å². The van der Waals surface area contributed by atoms with Gasteiger partial charge in [0.25, 0.3) is 0 Å². The first-order chi connectivity index (χ1) is 11.8. The van der Waals surface area contributed by atoms with Crippen molar-refractivity contribution in [1.82, 2.24) is 20.0 Å². The van der Waals surface area contributed by atoms with Crippen molar-refractivity contribution < 1.29 is 19.2 Å². The first-order valence-electron chi connectivity index (χ1n) is 7.95. The summed E-state index contributed by atoms with van der Waals surface area (Å²) in [6, 6.07) is 3.60. The Hall–Kier alpha value is -2.32. The van der Waals surface area contributed by atoms with Gasteiger partial charge in [0.05, 0.1) is 13.2 Å². The van der Waals surface area contributed by atoms with Gasteiger partial charge >= 0.3 is 0 Å². The molecule has 0 bridgehead atoms. The van der Waals surface area contributed by atoms with Crippen molar-refractivity contribution in [2.24, 2.45) is 5.92 Å². The van der Waals surface area contributed by atoms with Gasteiger partial charge in [-0.3, -0.25) is 9.78 Å². The Morgan fingerprint density at radius 2 is 2.21 bits per heavy atom. The molecule has 3 heterocycles. The van der Waals surface area contributed by atoms with Gasteiger partial charge in [0.15, 0.2) is 0 Å². The Bertz CT molecular complexity index is 661. The number of hydrogen-bond acceptors (Lipinski definition) is 7. The minimum absolute atomic E-state index is 0.00242. The van der Waals surface area contributed by atoms with E-state index in [9.17, 15) is 9.90 Å². The van der Waals surface area contributed by atoms with Crippen LogP contribution in [0.4, 0.5) is 0 Å². The van der Waals surface area contributed by atoms with Crippen molar-refractivity contribution in [3.8, 4) is 11.4 Å². The monoisotopic (exact) mass is 332 g/mol. The Labute approximate surface area is 139 Å². The lowest BCUT2D eigenvalue weighted by atomic mass is 10.1. The molecule has 0 radical (unpaired) electrons. The highest BCUT2D eigenvalue weighted by molar-refractivity contribution is 5.76. The van der Waals surface area contributed by atoms with Crippen molar-refractivity contribution >= 4 is 5.91 Å². The third-order valence-corrected chi connectivity index (χ3v) is 3.91. The lowest BCUT2D eigenvalue weighted by Crippen LogP contribution is -2.36. The smallest absolute Gasteiger partial charge is 0.227 e. The number of aromatic nitrogens is 3. The predicted octanol–water partition coefficient (Wildman–Crippen LogP) is 0.531. The second kappa shape index (κ2) is 7.98. The number of ether oxygens (including phenoxy) is 1. The number of aryl methyl sites for hydroxylation is 1. The molecule has 8 nitrogen and oxygen atoms in total. The number of carbonyl (C=O) groups is 1. The van der Waals surface area contributed by atoms with Crippen LogP contribution < -0.4 is 0 Å². The van der Waals surface area contributed by atoms with Gasteiger partial charge in [-0.25, -0.2) is 0 Å². The molecule has 1 amide bonds. The Balaban J connectivity index is 1.55. The van der Waals surface area contributed by atoms with E-state index in [0.717, 1.165) is 5.56 Å². The molecule has 0 aromatic carbocycles. The minimum Gasteiger partial charge on any atom is -0.396 e. The average Bonchev–Trinajstić information content (AvgIpc) is 2.97. The first kappa shape index (κ1) is 16.5. The lowest BCUT2D eigenvalue weighted by molar-refractivity contribution is -0.131. The highest BCUT2D eigenvalue weighted by atomic mass is 16.5. The van der Waals surface area contributed by atoms with Crippen LogP contribution in [0.3, 0.4) is 0 Å². The molecule has 2 aromatic rings. The summed E-state index contributed by atoms with van der Waals surface area (Å²) in [7, 11) is 0. The van der Waals surface area contributed by atoms with E-state index in [4.69, 9.17) is 9.26 Å². The zero-order valence-electron chi connectivity index (χ0n) is 13.3. The van der Waals surface area contributed by atoms with Crippen molar-refractivity contribution in [1.29, 1.82) is 0 Å².